The molecule has 0 saturated carbocycles. The number of hydrogen-bond donors (Lipinski definition) is 2. The van der Waals surface area contributed by atoms with Crippen LogP contribution in [0.5, 0.6) is 0 Å². The number of amides is 2. The summed E-state index contributed by atoms with van der Waals surface area (Å²) in [6.45, 7) is 5.86. The number of nitrogens with zero attached hydrogens (tertiary/aromatic N) is 2. The molecular formula is C32H32F7N3O4. The molecule has 3 atom stereocenters. The van der Waals surface area contributed by atoms with Gasteiger partial charge in [0.05, 0.1) is 40.2 Å². The molecule has 1 aromatic heterocycles. The monoisotopic (exact) mass is 655 g/mol. The number of ether oxygens (including phenoxy) is 1. The van der Waals surface area contributed by atoms with Crippen molar-refractivity contribution in [3.63, 3.8) is 0 Å². The smallest absolute Gasteiger partial charge is 0.368 e. The molecule has 3 unspecified atom stereocenters. The van der Waals surface area contributed by atoms with Gasteiger partial charge in [-0.2, -0.15) is 26.3 Å². The Kier molecular flexibility index (Phi) is 9.56. The minimum Gasteiger partial charge on any atom is -0.368 e. The molecule has 14 heteroatoms. The zero-order valence-electron chi connectivity index (χ0n) is 25.5. The SMILES string of the molecule is CCOC(O)C1CC(=O)NC1c1cc(-c2ccc(F)cc2C)c(N(C)C(=O)C(C)(C)c2cc(C(F)(F)F)cc(C(F)(F)F)c2)cn1. The molecule has 0 spiro atoms. The van der Waals surface area contributed by atoms with Gasteiger partial charge in [-0.05, 0) is 80.8 Å². The summed E-state index contributed by atoms with van der Waals surface area (Å²) in [6.07, 6.45) is -10.3. The number of aliphatic hydroxyl groups is 1. The van der Waals surface area contributed by atoms with Gasteiger partial charge in [-0.1, -0.05) is 6.07 Å². The fraction of sp³-hybridized carbons (Fsp3) is 0.406. The van der Waals surface area contributed by atoms with Crippen molar-refractivity contribution in [2.75, 3.05) is 18.6 Å². The Hall–Kier alpha value is -4.04. The molecule has 1 aliphatic heterocycles. The average molecular weight is 656 g/mol. The number of likely N-dealkylation sites (N-methyl/N-ethyl adjacent to an activating group) is 1. The molecule has 4 rings (SSSR count). The summed E-state index contributed by atoms with van der Waals surface area (Å²) in [6, 6.07) is 5.59. The number of hydrogen-bond acceptors (Lipinski definition) is 5. The third-order valence-corrected chi connectivity index (χ3v) is 8.08. The number of alkyl halides is 6. The van der Waals surface area contributed by atoms with Gasteiger partial charge in [-0.3, -0.25) is 14.6 Å². The Bertz CT molecular complexity index is 1610. The second kappa shape index (κ2) is 12.6. The summed E-state index contributed by atoms with van der Waals surface area (Å²) in [5.74, 6) is -2.51. The molecule has 2 N–H and O–H groups in total. The van der Waals surface area contributed by atoms with Gasteiger partial charge in [0.15, 0.2) is 6.29 Å². The number of pyridine rings is 1. The van der Waals surface area contributed by atoms with Crippen LogP contribution in [0.2, 0.25) is 0 Å². The van der Waals surface area contributed by atoms with Crippen molar-refractivity contribution >= 4 is 17.5 Å². The van der Waals surface area contributed by atoms with Crippen LogP contribution in [0.15, 0.2) is 48.7 Å². The van der Waals surface area contributed by atoms with E-state index in [2.05, 4.69) is 10.3 Å². The molecule has 1 fully saturated rings. The normalized spacial score (nSPS) is 18.0. The first-order chi connectivity index (χ1) is 21.2. The van der Waals surface area contributed by atoms with Gasteiger partial charge < -0.3 is 20.1 Å². The predicted octanol–water partition coefficient (Wildman–Crippen LogP) is 6.71. The number of carbonyl (C=O) groups is 2. The van der Waals surface area contributed by atoms with Gasteiger partial charge in [0, 0.05) is 31.6 Å². The maximum atomic E-state index is 14.1. The lowest BCUT2D eigenvalue weighted by atomic mass is 9.81. The average Bonchev–Trinajstić information content (AvgIpc) is 3.37. The summed E-state index contributed by atoms with van der Waals surface area (Å²) in [7, 11) is 1.29. The molecule has 7 nitrogen and oxygen atoms in total. The summed E-state index contributed by atoms with van der Waals surface area (Å²) < 4.78 is 101. The van der Waals surface area contributed by atoms with Gasteiger partial charge in [-0.25, -0.2) is 4.39 Å². The first-order valence-electron chi connectivity index (χ1n) is 14.2. The van der Waals surface area contributed by atoms with Crippen LogP contribution in [0.3, 0.4) is 0 Å². The van der Waals surface area contributed by atoms with Crippen LogP contribution in [-0.4, -0.2) is 41.8 Å². The quantitative estimate of drug-likeness (QED) is 0.208. The van der Waals surface area contributed by atoms with Crippen molar-refractivity contribution < 1.29 is 50.2 Å². The summed E-state index contributed by atoms with van der Waals surface area (Å²) in [5.41, 5.74) is -3.99. The zero-order valence-corrected chi connectivity index (χ0v) is 25.5. The largest absolute Gasteiger partial charge is 0.416 e. The number of aryl methyl sites for hydroxylation is 1. The lowest BCUT2D eigenvalue weighted by Gasteiger charge is -2.32. The van der Waals surface area contributed by atoms with E-state index in [1.54, 1.807) is 13.8 Å². The van der Waals surface area contributed by atoms with E-state index in [-0.39, 0.29) is 36.4 Å². The van der Waals surface area contributed by atoms with E-state index in [0.29, 0.717) is 28.8 Å². The molecule has 3 aromatic rings. The van der Waals surface area contributed by atoms with E-state index in [0.717, 1.165) is 4.90 Å². The molecule has 0 radical (unpaired) electrons. The van der Waals surface area contributed by atoms with Gasteiger partial charge in [0.25, 0.3) is 0 Å². The molecule has 0 bridgehead atoms. The van der Waals surface area contributed by atoms with Crippen LogP contribution in [0.25, 0.3) is 11.1 Å². The molecule has 0 aliphatic carbocycles. The summed E-state index contributed by atoms with van der Waals surface area (Å²) in [4.78, 5) is 31.8. The molecular weight excluding hydrogens is 623 g/mol. The van der Waals surface area contributed by atoms with Crippen molar-refractivity contribution in [2.24, 2.45) is 5.92 Å². The van der Waals surface area contributed by atoms with Gasteiger partial charge in [0.2, 0.25) is 11.8 Å². The number of rotatable bonds is 8. The van der Waals surface area contributed by atoms with E-state index in [1.807, 2.05) is 0 Å². The second-order valence-corrected chi connectivity index (χ2v) is 11.6. The van der Waals surface area contributed by atoms with Crippen molar-refractivity contribution in [1.82, 2.24) is 10.3 Å². The van der Waals surface area contributed by atoms with E-state index in [9.17, 15) is 45.4 Å². The fourth-order valence-corrected chi connectivity index (χ4v) is 5.54. The van der Waals surface area contributed by atoms with E-state index < -0.39 is 64.4 Å². The van der Waals surface area contributed by atoms with Crippen LogP contribution in [0.1, 0.15) is 61.2 Å². The van der Waals surface area contributed by atoms with Crippen LogP contribution in [0, 0.1) is 18.7 Å². The van der Waals surface area contributed by atoms with Crippen LogP contribution >= 0.6 is 0 Å². The van der Waals surface area contributed by atoms with Gasteiger partial charge in [-0.15, -0.1) is 0 Å². The number of halogens is 7. The zero-order chi connectivity index (χ0) is 34.4. The molecule has 248 valence electrons. The summed E-state index contributed by atoms with van der Waals surface area (Å²) >= 11 is 0. The van der Waals surface area contributed by atoms with Crippen molar-refractivity contribution in [2.45, 2.75) is 64.2 Å². The molecule has 1 saturated heterocycles. The Morgan fingerprint density at radius 2 is 1.61 bits per heavy atom. The number of benzene rings is 2. The highest BCUT2D eigenvalue weighted by molar-refractivity contribution is 6.03. The second-order valence-electron chi connectivity index (χ2n) is 11.6. The lowest BCUT2D eigenvalue weighted by Crippen LogP contribution is -2.42. The highest BCUT2D eigenvalue weighted by Gasteiger charge is 2.42. The number of nitrogens with one attached hydrogen (secondary N) is 1. The maximum absolute atomic E-state index is 14.1. The Labute approximate surface area is 260 Å². The first-order valence-corrected chi connectivity index (χ1v) is 14.2. The molecule has 2 amide bonds. The van der Waals surface area contributed by atoms with Crippen molar-refractivity contribution in [3.8, 4) is 11.1 Å². The first kappa shape index (κ1) is 34.8. The minimum atomic E-state index is -5.11. The van der Waals surface area contributed by atoms with Crippen molar-refractivity contribution in [3.05, 3.63) is 82.4 Å². The summed E-state index contributed by atoms with van der Waals surface area (Å²) in [5, 5.41) is 13.3. The van der Waals surface area contributed by atoms with E-state index in [1.165, 1.54) is 51.4 Å². The molecule has 2 heterocycles. The van der Waals surface area contributed by atoms with E-state index in [4.69, 9.17) is 4.74 Å². The Morgan fingerprint density at radius 3 is 2.15 bits per heavy atom. The van der Waals surface area contributed by atoms with Gasteiger partial charge in [0.1, 0.15) is 5.82 Å². The predicted molar refractivity (Wildman–Crippen MR) is 154 cm³/mol. The minimum absolute atomic E-state index is 0.0105. The Balaban J connectivity index is 1.84. The third-order valence-electron chi connectivity index (χ3n) is 8.08. The highest BCUT2D eigenvalue weighted by Crippen LogP contribution is 2.42. The highest BCUT2D eigenvalue weighted by atomic mass is 19.4. The fourth-order valence-electron chi connectivity index (χ4n) is 5.54. The Morgan fingerprint density at radius 1 is 1.02 bits per heavy atom. The number of carbonyl (C=O) groups excluding carboxylic acids is 2. The van der Waals surface area contributed by atoms with Crippen molar-refractivity contribution in [1.29, 1.82) is 0 Å². The standard InChI is InChI=1S/C32H32F7N3O4/c1-6-46-28(44)23-14-26(43)41-27(23)24-13-22(21-8-7-20(33)9-16(21)2)25(15-40-24)42(5)29(45)30(3,4)17-10-18(31(34,35)36)12-19(11-17)32(37,38)39/h7-13,15,23,27-28,44H,6,14H2,1-5H3,(H,41,43). The molecule has 46 heavy (non-hydrogen) atoms. The number of aromatic nitrogens is 1. The molecule has 1 aliphatic rings. The third kappa shape index (κ3) is 7.02. The number of aliphatic hydroxyl groups excluding tert-OH is 1. The molecule has 2 aromatic carbocycles. The number of anilines is 1. The maximum Gasteiger partial charge on any atom is 0.416 e. The van der Waals surface area contributed by atoms with Gasteiger partial charge >= 0.3 is 12.4 Å². The lowest BCUT2D eigenvalue weighted by molar-refractivity contribution is -0.143. The topological polar surface area (TPSA) is 91.8 Å². The van der Waals surface area contributed by atoms with Crippen LogP contribution in [-0.2, 0) is 32.1 Å². The van der Waals surface area contributed by atoms with E-state index >= 15 is 0 Å². The van der Waals surface area contributed by atoms with Crippen LogP contribution < -0.4 is 10.2 Å². The van der Waals surface area contributed by atoms with Crippen LogP contribution in [0.4, 0.5) is 36.4 Å².